The van der Waals surface area contributed by atoms with Gasteiger partial charge in [0.1, 0.15) is 11.5 Å². The fourth-order valence-corrected chi connectivity index (χ4v) is 3.85. The minimum absolute atomic E-state index is 0.0474. The molecule has 4 nitrogen and oxygen atoms in total. The number of rotatable bonds is 2. The van der Waals surface area contributed by atoms with Gasteiger partial charge in [-0.2, -0.15) is 0 Å². The molecular formula is C21H25N3O. The van der Waals surface area contributed by atoms with Crippen LogP contribution in [0.15, 0.2) is 42.5 Å². The number of hydrogen-bond acceptors (Lipinski definition) is 3. The number of carbonyl (C=O) groups is 1. The number of nitrogens with zero attached hydrogens (tertiary/aromatic N) is 3. The zero-order chi connectivity index (χ0) is 17.1. The highest BCUT2D eigenvalue weighted by Gasteiger charge is 2.23. The minimum Gasteiger partial charge on any atom is -0.357 e. The summed E-state index contributed by atoms with van der Waals surface area (Å²) >= 11 is 0. The maximum Gasteiger partial charge on any atom is 0.272 e. The Kier molecular flexibility index (Phi) is 4.68. The van der Waals surface area contributed by atoms with Crippen molar-refractivity contribution in [1.82, 2.24) is 9.88 Å². The molecule has 2 aliphatic rings. The van der Waals surface area contributed by atoms with E-state index < -0.39 is 0 Å². The molecular weight excluding hydrogens is 310 g/mol. The quantitative estimate of drug-likeness (QED) is 0.840. The second kappa shape index (κ2) is 7.26. The Hall–Kier alpha value is -2.36. The van der Waals surface area contributed by atoms with Crippen LogP contribution in [0.5, 0.6) is 0 Å². The highest BCUT2D eigenvalue weighted by molar-refractivity contribution is 5.92. The van der Waals surface area contributed by atoms with Crippen LogP contribution in [-0.4, -0.2) is 35.4 Å². The lowest BCUT2D eigenvalue weighted by molar-refractivity contribution is 0.0729. The van der Waals surface area contributed by atoms with Crippen LogP contribution in [0, 0.1) is 0 Å². The van der Waals surface area contributed by atoms with Crippen LogP contribution in [0.25, 0.3) is 0 Å². The highest BCUT2D eigenvalue weighted by atomic mass is 16.2. The molecule has 1 aromatic heterocycles. The molecule has 2 aromatic rings. The highest BCUT2D eigenvalue weighted by Crippen LogP contribution is 2.22. The minimum atomic E-state index is 0.0474. The Labute approximate surface area is 149 Å². The maximum absolute atomic E-state index is 13.0. The van der Waals surface area contributed by atoms with E-state index in [0.717, 1.165) is 31.9 Å². The molecule has 0 atom stereocenters. The van der Waals surface area contributed by atoms with Gasteiger partial charge in [-0.25, -0.2) is 4.98 Å². The number of amides is 1. The Morgan fingerprint density at radius 2 is 1.60 bits per heavy atom. The summed E-state index contributed by atoms with van der Waals surface area (Å²) in [5.41, 5.74) is 3.18. The molecule has 0 radical (unpaired) electrons. The van der Waals surface area contributed by atoms with Crippen molar-refractivity contribution in [3.8, 4) is 0 Å². The Morgan fingerprint density at radius 1 is 0.840 bits per heavy atom. The first-order valence-electron chi connectivity index (χ1n) is 9.39. The van der Waals surface area contributed by atoms with E-state index in [9.17, 15) is 4.79 Å². The Bertz CT molecular complexity index is 750. The van der Waals surface area contributed by atoms with Gasteiger partial charge in [-0.1, -0.05) is 43.2 Å². The molecule has 0 saturated carbocycles. The predicted octanol–water partition coefficient (Wildman–Crippen LogP) is 3.66. The first-order valence-corrected chi connectivity index (χ1v) is 9.39. The van der Waals surface area contributed by atoms with Crippen LogP contribution in [-0.2, 0) is 13.0 Å². The summed E-state index contributed by atoms with van der Waals surface area (Å²) in [4.78, 5) is 21.9. The van der Waals surface area contributed by atoms with E-state index >= 15 is 0 Å². The van der Waals surface area contributed by atoms with Crippen molar-refractivity contribution >= 4 is 11.7 Å². The maximum atomic E-state index is 13.0. The van der Waals surface area contributed by atoms with Crippen molar-refractivity contribution in [2.45, 2.75) is 38.6 Å². The van der Waals surface area contributed by atoms with Gasteiger partial charge in [0.05, 0.1) is 0 Å². The van der Waals surface area contributed by atoms with Crippen LogP contribution in [0.4, 0.5) is 5.82 Å². The van der Waals surface area contributed by atoms with E-state index in [1.807, 2.05) is 29.2 Å². The molecule has 0 N–H and O–H groups in total. The number of pyridine rings is 1. The summed E-state index contributed by atoms with van der Waals surface area (Å²) < 4.78 is 0. The molecule has 0 spiro atoms. The molecule has 1 saturated heterocycles. The van der Waals surface area contributed by atoms with Crippen LogP contribution < -0.4 is 4.90 Å². The zero-order valence-electron chi connectivity index (χ0n) is 14.7. The third-order valence-electron chi connectivity index (χ3n) is 5.30. The van der Waals surface area contributed by atoms with E-state index in [1.165, 1.54) is 36.8 Å². The Balaban J connectivity index is 1.52. The topological polar surface area (TPSA) is 36.4 Å². The second-order valence-electron chi connectivity index (χ2n) is 7.03. The van der Waals surface area contributed by atoms with Crippen molar-refractivity contribution in [1.29, 1.82) is 0 Å². The molecule has 0 bridgehead atoms. The molecule has 3 heterocycles. The van der Waals surface area contributed by atoms with Crippen molar-refractivity contribution in [2.75, 3.05) is 24.5 Å². The van der Waals surface area contributed by atoms with Crippen LogP contribution in [0.1, 0.15) is 47.3 Å². The standard InChI is InChI=1S/C21H25N3O/c25-21(24-15-12-17-8-3-4-9-18(17)16-24)19-10-7-11-20(22-19)23-13-5-1-2-6-14-23/h3-4,7-11H,1-2,5-6,12-16H2. The number of benzene rings is 1. The number of aromatic nitrogens is 1. The van der Waals surface area contributed by atoms with Gasteiger partial charge in [0.15, 0.2) is 0 Å². The molecule has 25 heavy (non-hydrogen) atoms. The van der Waals surface area contributed by atoms with E-state index in [1.54, 1.807) is 0 Å². The van der Waals surface area contributed by atoms with Gasteiger partial charge in [0, 0.05) is 26.2 Å². The Morgan fingerprint density at radius 3 is 2.40 bits per heavy atom. The SMILES string of the molecule is O=C(c1cccc(N2CCCCCC2)n1)N1CCc2ccccc2C1. The van der Waals surface area contributed by atoms with E-state index in [0.29, 0.717) is 12.2 Å². The van der Waals surface area contributed by atoms with Gasteiger partial charge >= 0.3 is 0 Å². The second-order valence-corrected chi connectivity index (χ2v) is 7.03. The van der Waals surface area contributed by atoms with Crippen molar-refractivity contribution in [3.63, 3.8) is 0 Å². The average molecular weight is 335 g/mol. The summed E-state index contributed by atoms with van der Waals surface area (Å²) in [6, 6.07) is 14.3. The summed E-state index contributed by atoms with van der Waals surface area (Å²) in [5, 5.41) is 0. The summed E-state index contributed by atoms with van der Waals surface area (Å²) in [5.74, 6) is 0.997. The van der Waals surface area contributed by atoms with Gasteiger partial charge in [0.2, 0.25) is 0 Å². The van der Waals surface area contributed by atoms with Crippen LogP contribution >= 0.6 is 0 Å². The lowest BCUT2D eigenvalue weighted by Gasteiger charge is -2.29. The monoisotopic (exact) mass is 335 g/mol. The third kappa shape index (κ3) is 3.53. The first-order chi connectivity index (χ1) is 12.3. The van der Waals surface area contributed by atoms with E-state index in [4.69, 9.17) is 4.98 Å². The molecule has 0 unspecified atom stereocenters. The predicted molar refractivity (Wildman–Crippen MR) is 99.8 cm³/mol. The molecule has 4 heteroatoms. The largest absolute Gasteiger partial charge is 0.357 e. The average Bonchev–Trinajstić information content (AvgIpc) is 2.97. The van der Waals surface area contributed by atoms with Crippen LogP contribution in [0.2, 0.25) is 0 Å². The van der Waals surface area contributed by atoms with Crippen LogP contribution in [0.3, 0.4) is 0 Å². The number of carbonyl (C=O) groups excluding carboxylic acids is 1. The molecule has 4 rings (SSSR count). The number of hydrogen-bond donors (Lipinski definition) is 0. The molecule has 130 valence electrons. The molecule has 0 aliphatic carbocycles. The van der Waals surface area contributed by atoms with E-state index in [2.05, 4.69) is 23.1 Å². The zero-order valence-corrected chi connectivity index (χ0v) is 14.7. The van der Waals surface area contributed by atoms with E-state index in [-0.39, 0.29) is 5.91 Å². The summed E-state index contributed by atoms with van der Waals surface area (Å²) in [6.45, 7) is 3.54. The molecule has 1 amide bonds. The normalized spacial score (nSPS) is 17.8. The smallest absolute Gasteiger partial charge is 0.272 e. The molecule has 1 fully saturated rings. The van der Waals surface area contributed by atoms with Gasteiger partial charge in [-0.05, 0) is 42.5 Å². The lowest BCUT2D eigenvalue weighted by atomic mass is 10.00. The van der Waals surface area contributed by atoms with Gasteiger partial charge < -0.3 is 9.80 Å². The fraction of sp³-hybridized carbons (Fsp3) is 0.429. The van der Waals surface area contributed by atoms with Gasteiger partial charge in [-0.3, -0.25) is 4.79 Å². The van der Waals surface area contributed by atoms with Crippen molar-refractivity contribution in [3.05, 3.63) is 59.3 Å². The number of fused-ring (bicyclic) bond motifs is 1. The van der Waals surface area contributed by atoms with Crippen molar-refractivity contribution < 1.29 is 4.79 Å². The van der Waals surface area contributed by atoms with Gasteiger partial charge in [0.25, 0.3) is 5.91 Å². The lowest BCUT2D eigenvalue weighted by Crippen LogP contribution is -2.36. The van der Waals surface area contributed by atoms with Gasteiger partial charge in [-0.15, -0.1) is 0 Å². The third-order valence-corrected chi connectivity index (χ3v) is 5.30. The molecule has 1 aromatic carbocycles. The molecule has 2 aliphatic heterocycles. The fourth-order valence-electron chi connectivity index (χ4n) is 3.85. The first kappa shape index (κ1) is 16.1. The van der Waals surface area contributed by atoms with Crippen molar-refractivity contribution in [2.24, 2.45) is 0 Å². The summed E-state index contributed by atoms with van der Waals surface area (Å²) in [7, 11) is 0. The summed E-state index contributed by atoms with van der Waals surface area (Å²) in [6.07, 6.45) is 5.93. The number of anilines is 1.